The smallest absolute Gasteiger partial charge is 0.224 e. The highest BCUT2D eigenvalue weighted by atomic mass is 32.1. The summed E-state index contributed by atoms with van der Waals surface area (Å²) in [6.45, 7) is 0.634. The lowest BCUT2D eigenvalue weighted by atomic mass is 9.82. The van der Waals surface area contributed by atoms with E-state index in [1.165, 1.54) is 10.3 Å². The molecule has 3 aromatic rings. The lowest BCUT2D eigenvalue weighted by Gasteiger charge is -2.26. The molecule has 0 saturated heterocycles. The second-order valence-corrected chi connectivity index (χ2v) is 8.02. The van der Waals surface area contributed by atoms with Crippen molar-refractivity contribution in [1.29, 1.82) is 0 Å². The van der Waals surface area contributed by atoms with E-state index in [1.807, 2.05) is 42.5 Å². The zero-order valence-electron chi connectivity index (χ0n) is 15.1. The van der Waals surface area contributed by atoms with Crippen LogP contribution in [0.2, 0.25) is 0 Å². The number of hydrogen-bond acceptors (Lipinski definition) is 4. The summed E-state index contributed by atoms with van der Waals surface area (Å²) in [4.78, 5) is 17.7. The zero-order valence-corrected chi connectivity index (χ0v) is 15.9. The van der Waals surface area contributed by atoms with Crippen molar-refractivity contribution < 1.29 is 4.79 Å². The fourth-order valence-corrected chi connectivity index (χ4v) is 4.72. The second-order valence-electron chi connectivity index (χ2n) is 6.96. The number of para-hydroxylation sites is 1. The summed E-state index contributed by atoms with van der Waals surface area (Å²) in [5.41, 5.74) is 8.68. The molecule has 2 unspecified atom stereocenters. The Labute approximate surface area is 163 Å². The van der Waals surface area contributed by atoms with Crippen LogP contribution in [0.25, 0.3) is 10.2 Å². The fourth-order valence-electron chi connectivity index (χ4n) is 3.57. The Morgan fingerprint density at radius 2 is 1.89 bits per heavy atom. The highest BCUT2D eigenvalue weighted by molar-refractivity contribution is 7.18. The molecule has 27 heavy (non-hydrogen) atoms. The van der Waals surface area contributed by atoms with E-state index in [2.05, 4.69) is 23.5 Å². The molecule has 0 bridgehead atoms. The first-order valence-corrected chi connectivity index (χ1v) is 10.1. The highest BCUT2D eigenvalue weighted by Crippen LogP contribution is 2.38. The molecule has 2 atom stereocenters. The Kier molecular flexibility index (Phi) is 5.21. The van der Waals surface area contributed by atoms with Gasteiger partial charge in [0.15, 0.2) is 0 Å². The van der Waals surface area contributed by atoms with Gasteiger partial charge in [-0.15, -0.1) is 11.3 Å². The average molecular weight is 378 g/mol. The third kappa shape index (κ3) is 4.03. The van der Waals surface area contributed by atoms with Crippen molar-refractivity contribution in [3.63, 3.8) is 0 Å². The second kappa shape index (κ2) is 7.92. The minimum atomic E-state index is -0.0537. The molecule has 1 aliphatic rings. The number of anilines is 1. The summed E-state index contributed by atoms with van der Waals surface area (Å²) in [7, 11) is 0. The molecule has 3 N–H and O–H groups in total. The van der Waals surface area contributed by atoms with Gasteiger partial charge in [-0.25, -0.2) is 4.98 Å². The van der Waals surface area contributed by atoms with Crippen molar-refractivity contribution >= 4 is 33.1 Å². The van der Waals surface area contributed by atoms with E-state index in [-0.39, 0.29) is 17.7 Å². The Morgan fingerprint density at radius 3 is 2.70 bits per heavy atom. The van der Waals surface area contributed by atoms with Crippen molar-refractivity contribution in [2.75, 3.05) is 12.3 Å². The minimum absolute atomic E-state index is 0.0537. The minimum Gasteiger partial charge on any atom is -0.399 e. The van der Waals surface area contributed by atoms with Crippen molar-refractivity contribution in [2.45, 2.75) is 25.2 Å². The number of rotatable bonds is 5. The number of aromatic nitrogens is 1. The van der Waals surface area contributed by atoms with E-state index >= 15 is 0 Å². The summed E-state index contributed by atoms with van der Waals surface area (Å²) >= 11 is 1.71. The molecule has 0 spiro atoms. The van der Waals surface area contributed by atoms with Crippen LogP contribution >= 0.6 is 11.3 Å². The first kappa shape index (κ1) is 17.7. The molecular weight excluding hydrogens is 354 g/mol. The van der Waals surface area contributed by atoms with Crippen LogP contribution in [0.5, 0.6) is 0 Å². The number of nitrogens with two attached hydrogens (primary N) is 1. The molecule has 0 radical (unpaired) electrons. The number of benzene rings is 2. The first-order valence-electron chi connectivity index (χ1n) is 9.33. The number of nitrogens with zero attached hydrogens (tertiary/aromatic N) is 1. The van der Waals surface area contributed by atoms with Crippen LogP contribution in [0.4, 0.5) is 5.69 Å². The molecule has 0 saturated carbocycles. The quantitative estimate of drug-likeness (QED) is 0.515. The monoisotopic (exact) mass is 377 g/mol. The molecular formula is C22H23N3OS. The molecule has 5 heteroatoms. The third-order valence-corrected chi connectivity index (χ3v) is 6.26. The number of hydrogen-bond donors (Lipinski definition) is 2. The fraction of sp³-hybridized carbons (Fsp3) is 0.273. The van der Waals surface area contributed by atoms with Crippen molar-refractivity contribution in [1.82, 2.24) is 10.3 Å². The van der Waals surface area contributed by atoms with Gasteiger partial charge in [0, 0.05) is 18.2 Å². The summed E-state index contributed by atoms with van der Waals surface area (Å²) in [5, 5.41) is 4.19. The van der Waals surface area contributed by atoms with Gasteiger partial charge in [-0.1, -0.05) is 36.4 Å². The van der Waals surface area contributed by atoms with E-state index in [4.69, 9.17) is 10.7 Å². The predicted molar refractivity (Wildman–Crippen MR) is 112 cm³/mol. The standard InChI is InChI=1S/C22H23N3OS/c23-16-11-9-15(10-12-16)13-14-24-21(26)17-5-1-2-6-18(17)22-25-19-7-3-4-8-20(19)27-22/h1-4,7-12,17-18H,5-6,13-14,23H2,(H,24,26). The molecule has 1 aromatic heterocycles. The number of carbonyl (C=O) groups is 1. The maximum absolute atomic E-state index is 12.9. The maximum Gasteiger partial charge on any atom is 0.224 e. The van der Waals surface area contributed by atoms with Crippen LogP contribution in [-0.4, -0.2) is 17.4 Å². The van der Waals surface area contributed by atoms with Crippen LogP contribution in [0, 0.1) is 5.92 Å². The van der Waals surface area contributed by atoms with Gasteiger partial charge in [0.05, 0.1) is 21.1 Å². The lowest BCUT2D eigenvalue weighted by Crippen LogP contribution is -2.36. The van der Waals surface area contributed by atoms with E-state index in [0.717, 1.165) is 35.5 Å². The van der Waals surface area contributed by atoms with Crippen molar-refractivity contribution in [3.05, 3.63) is 71.3 Å². The number of nitrogens with one attached hydrogen (secondary N) is 1. The summed E-state index contributed by atoms with van der Waals surface area (Å²) in [6, 6.07) is 16.0. The number of nitrogen functional groups attached to an aromatic ring is 1. The number of thiazole rings is 1. The Balaban J connectivity index is 1.43. The number of allylic oxidation sites excluding steroid dienone is 2. The SMILES string of the molecule is Nc1ccc(CCNC(=O)C2CC=CCC2c2nc3ccccc3s2)cc1. The van der Waals surface area contributed by atoms with E-state index in [1.54, 1.807) is 11.3 Å². The van der Waals surface area contributed by atoms with Gasteiger partial charge >= 0.3 is 0 Å². The Morgan fingerprint density at radius 1 is 1.11 bits per heavy atom. The summed E-state index contributed by atoms with van der Waals surface area (Å²) in [5.74, 6) is 0.227. The molecule has 138 valence electrons. The highest BCUT2D eigenvalue weighted by Gasteiger charge is 2.32. The summed E-state index contributed by atoms with van der Waals surface area (Å²) in [6.07, 6.45) is 6.74. The zero-order chi connectivity index (χ0) is 18.6. The number of amides is 1. The van der Waals surface area contributed by atoms with Crippen LogP contribution in [0.1, 0.15) is 29.3 Å². The van der Waals surface area contributed by atoms with Gasteiger partial charge in [-0.3, -0.25) is 4.79 Å². The number of fused-ring (bicyclic) bond motifs is 1. The molecule has 4 rings (SSSR count). The van der Waals surface area contributed by atoms with Crippen LogP contribution in [0.15, 0.2) is 60.7 Å². The Hall–Kier alpha value is -2.66. The molecule has 4 nitrogen and oxygen atoms in total. The van der Waals surface area contributed by atoms with E-state index in [0.29, 0.717) is 6.54 Å². The maximum atomic E-state index is 12.9. The van der Waals surface area contributed by atoms with Gasteiger partial charge in [-0.2, -0.15) is 0 Å². The lowest BCUT2D eigenvalue weighted by molar-refractivity contribution is -0.125. The van der Waals surface area contributed by atoms with Gasteiger partial charge in [0.25, 0.3) is 0 Å². The van der Waals surface area contributed by atoms with E-state index in [9.17, 15) is 4.79 Å². The van der Waals surface area contributed by atoms with Gasteiger partial charge in [0.1, 0.15) is 0 Å². The molecule has 2 aromatic carbocycles. The predicted octanol–water partition coefficient (Wildman–Crippen LogP) is 4.29. The Bertz CT molecular complexity index is 928. The number of carbonyl (C=O) groups excluding carboxylic acids is 1. The first-order chi connectivity index (χ1) is 13.2. The van der Waals surface area contributed by atoms with Crippen LogP contribution in [-0.2, 0) is 11.2 Å². The third-order valence-electron chi connectivity index (χ3n) is 5.09. The van der Waals surface area contributed by atoms with Gasteiger partial charge in [-0.05, 0) is 49.1 Å². The molecule has 0 fully saturated rings. The molecule has 0 aliphatic heterocycles. The van der Waals surface area contributed by atoms with Crippen LogP contribution < -0.4 is 11.1 Å². The largest absolute Gasteiger partial charge is 0.399 e. The van der Waals surface area contributed by atoms with Crippen LogP contribution in [0.3, 0.4) is 0 Å². The summed E-state index contributed by atoms with van der Waals surface area (Å²) < 4.78 is 1.18. The van der Waals surface area contributed by atoms with E-state index < -0.39 is 0 Å². The van der Waals surface area contributed by atoms with Gasteiger partial charge in [0.2, 0.25) is 5.91 Å². The average Bonchev–Trinajstić information content (AvgIpc) is 3.13. The molecule has 1 amide bonds. The normalized spacial score (nSPS) is 19.3. The molecule has 1 aliphatic carbocycles. The topological polar surface area (TPSA) is 68.0 Å². The van der Waals surface area contributed by atoms with Crippen molar-refractivity contribution in [2.24, 2.45) is 5.92 Å². The van der Waals surface area contributed by atoms with Gasteiger partial charge < -0.3 is 11.1 Å². The molecule has 1 heterocycles. The van der Waals surface area contributed by atoms with Crippen molar-refractivity contribution in [3.8, 4) is 0 Å².